The minimum atomic E-state index is 0.00673. The summed E-state index contributed by atoms with van der Waals surface area (Å²) in [5.74, 6) is 0.186. The third kappa shape index (κ3) is 24.1. The molecule has 0 aliphatic carbocycles. The van der Waals surface area contributed by atoms with Gasteiger partial charge in [-0.2, -0.15) is 0 Å². The summed E-state index contributed by atoms with van der Waals surface area (Å²) < 4.78 is 0. The molecule has 13 aromatic rings. The Kier molecular flexibility index (Phi) is 28.9. The molecule has 0 unspecified atom stereocenters. The summed E-state index contributed by atoms with van der Waals surface area (Å²) in [5, 5.41) is 0. The number of carbonyl (C=O) groups excluding carboxylic acids is 4. The fraction of sp³-hybridized carbons (Fsp3) is 0.0505. The van der Waals surface area contributed by atoms with Crippen LogP contribution in [-0.2, 0) is 0 Å². The molecule has 0 aliphatic rings. The van der Waals surface area contributed by atoms with Gasteiger partial charge in [-0.25, -0.2) is 0 Å². The van der Waals surface area contributed by atoms with Crippen molar-refractivity contribution in [2.24, 2.45) is 0 Å². The summed E-state index contributed by atoms with van der Waals surface area (Å²) in [7, 11) is 0. The molecule has 0 radical (unpaired) electrons. The molecule has 0 aliphatic heterocycles. The average Bonchev–Trinajstić information content (AvgIpc) is 0.811. The van der Waals surface area contributed by atoms with Gasteiger partial charge in [0.15, 0.2) is 23.1 Å². The molecule has 0 saturated carbocycles. The van der Waals surface area contributed by atoms with Crippen LogP contribution in [0.3, 0.4) is 0 Å². The smallest absolute Gasteiger partial charge is 0.186 e. The normalized spacial score (nSPS) is 11.5. The second-order valence-electron chi connectivity index (χ2n) is 24.4. The summed E-state index contributed by atoms with van der Waals surface area (Å²) >= 11 is 0. The third-order valence-corrected chi connectivity index (χ3v) is 16.6. The van der Waals surface area contributed by atoms with Crippen molar-refractivity contribution in [2.45, 2.75) is 34.6 Å². The van der Waals surface area contributed by atoms with E-state index in [1.807, 2.05) is 256 Å². The minimum Gasteiger partial charge on any atom is -0.295 e. The largest absolute Gasteiger partial charge is 0.295 e. The number of carbonyl (C=O) groups is 4. The molecule has 0 N–H and O–H groups in total. The SMILES string of the molecule is C/C(=C\C(=C\C(=O)c1ccccc1)c1ccccc1)c1ccccc1.C/C(=C\C(=O)c1ccccc1)c1ccccc1.CC(=C\C(=C\C(=O)c1ccccc1)c1ccccc1)/C=C(\C)c1ccccc1.CC(=O)c1ccccc1.c1ccc(-c2cc(-c3ccccc3)cc(-c3ccccc3)c2)cc1. The standard InChI is InChI=1S/C27H24O.C24H20O.C24H18.C16H14O.C8H8O/c1-21(18-22(2)23-12-6-3-7-13-23)19-26(24-14-8-4-9-15-24)20-27(28)25-16-10-5-11-17-25;1-19(20-11-5-2-6-12-20)17-23(21-13-7-3-8-14-21)18-24(25)22-15-9-4-10-16-22;1-4-10-19(11-5-1)22-16-23(20-12-6-2-7-13-20)18-24(17-22)21-14-8-3-9-15-21;1-13(14-8-4-2-5-9-14)12-16(17)15-10-6-3-7-11-15;1-7(9)8-5-3-2-4-6-8/h3-20H,1-2H3;2-18H,1H3;1-18H;2-12H,1H3;2-6H,1H3/b21-19+,22-18+,26-20-;19-17+,23-18-;;13-12+;. The Morgan fingerprint density at radius 1 is 0.184 bits per heavy atom. The molecule has 0 heterocycles. The van der Waals surface area contributed by atoms with Gasteiger partial charge in [0, 0.05) is 22.3 Å². The van der Waals surface area contributed by atoms with Crippen molar-refractivity contribution in [3.05, 3.63) is 474 Å². The fourth-order valence-corrected chi connectivity index (χ4v) is 11.1. The van der Waals surface area contributed by atoms with E-state index in [1.165, 1.54) is 44.5 Å². The first-order chi connectivity index (χ1) is 50.3. The van der Waals surface area contributed by atoms with Crippen LogP contribution in [-0.4, -0.2) is 23.1 Å². The molecule has 4 nitrogen and oxygen atoms in total. The highest BCUT2D eigenvalue weighted by Gasteiger charge is 2.11. The molecule has 0 bridgehead atoms. The Morgan fingerprint density at radius 3 is 0.650 bits per heavy atom. The number of benzene rings is 13. The van der Waals surface area contributed by atoms with Gasteiger partial charge in [-0.1, -0.05) is 388 Å². The number of hydrogen-bond acceptors (Lipinski definition) is 4. The van der Waals surface area contributed by atoms with Crippen LogP contribution in [0.25, 0.3) is 61.2 Å². The van der Waals surface area contributed by atoms with E-state index in [1.54, 1.807) is 25.2 Å². The van der Waals surface area contributed by atoms with Gasteiger partial charge in [-0.15, -0.1) is 0 Å². The van der Waals surface area contributed by atoms with Gasteiger partial charge in [-0.05, 0) is 160 Å². The lowest BCUT2D eigenvalue weighted by Gasteiger charge is -2.11. The first kappa shape index (κ1) is 74.2. The molecular weight excluding hydrogens is 1250 g/mol. The summed E-state index contributed by atoms with van der Waals surface area (Å²) in [5.41, 5.74) is 22.0. The van der Waals surface area contributed by atoms with Crippen LogP contribution in [0.4, 0.5) is 0 Å². The predicted octanol–water partition coefficient (Wildman–Crippen LogP) is 25.6. The Hall–Kier alpha value is -13.0. The van der Waals surface area contributed by atoms with Crippen molar-refractivity contribution in [2.75, 3.05) is 0 Å². The highest BCUT2D eigenvalue weighted by Crippen LogP contribution is 2.33. The maximum Gasteiger partial charge on any atom is 0.186 e. The van der Waals surface area contributed by atoms with Crippen molar-refractivity contribution in [1.29, 1.82) is 0 Å². The predicted molar refractivity (Wildman–Crippen MR) is 434 cm³/mol. The van der Waals surface area contributed by atoms with E-state index in [9.17, 15) is 19.2 Å². The van der Waals surface area contributed by atoms with Crippen molar-refractivity contribution >= 4 is 51.0 Å². The number of allylic oxidation sites excluding steroid dienone is 12. The fourth-order valence-electron chi connectivity index (χ4n) is 11.1. The van der Waals surface area contributed by atoms with Crippen LogP contribution in [0, 0.1) is 0 Å². The number of Topliss-reactive ketones (excluding diaryl/α,β-unsaturated/α-hetero) is 1. The van der Waals surface area contributed by atoms with E-state index in [2.05, 4.69) is 172 Å². The van der Waals surface area contributed by atoms with Gasteiger partial charge in [-0.3, -0.25) is 19.2 Å². The first-order valence-corrected chi connectivity index (χ1v) is 34.4. The number of rotatable bonds is 18. The Morgan fingerprint density at radius 2 is 0.388 bits per heavy atom. The topological polar surface area (TPSA) is 68.3 Å². The van der Waals surface area contributed by atoms with Crippen LogP contribution in [0.2, 0.25) is 0 Å². The Labute approximate surface area is 608 Å². The molecule has 0 amide bonds. The van der Waals surface area contributed by atoms with Crippen LogP contribution >= 0.6 is 0 Å². The molecule has 0 atom stereocenters. The maximum atomic E-state index is 12.7. The first-order valence-electron chi connectivity index (χ1n) is 34.4. The molecule has 504 valence electrons. The quantitative estimate of drug-likeness (QED) is 0.0488. The van der Waals surface area contributed by atoms with Crippen LogP contribution < -0.4 is 0 Å². The molecule has 0 aromatic heterocycles. The van der Waals surface area contributed by atoms with Gasteiger partial charge < -0.3 is 0 Å². The van der Waals surface area contributed by atoms with Gasteiger partial charge in [0.2, 0.25) is 0 Å². The van der Waals surface area contributed by atoms with Gasteiger partial charge >= 0.3 is 0 Å². The number of ketones is 4. The molecule has 13 aromatic carbocycles. The van der Waals surface area contributed by atoms with E-state index in [-0.39, 0.29) is 23.1 Å². The van der Waals surface area contributed by atoms with Crippen molar-refractivity contribution < 1.29 is 19.2 Å². The highest BCUT2D eigenvalue weighted by atomic mass is 16.1. The molecule has 0 spiro atoms. The van der Waals surface area contributed by atoms with Crippen LogP contribution in [0.15, 0.2) is 424 Å². The van der Waals surface area contributed by atoms with E-state index in [0.717, 1.165) is 61.2 Å². The molecule has 13 rings (SSSR count). The minimum absolute atomic E-state index is 0.00673. The van der Waals surface area contributed by atoms with E-state index in [0.29, 0.717) is 11.1 Å². The second-order valence-corrected chi connectivity index (χ2v) is 24.4. The molecule has 103 heavy (non-hydrogen) atoms. The number of hydrogen-bond donors (Lipinski definition) is 0. The monoisotopic (exact) mass is 1340 g/mol. The van der Waals surface area contributed by atoms with E-state index in [4.69, 9.17) is 0 Å². The maximum absolute atomic E-state index is 12.7. The van der Waals surface area contributed by atoms with Gasteiger partial charge in [0.25, 0.3) is 0 Å². The second kappa shape index (κ2) is 40.1. The van der Waals surface area contributed by atoms with Crippen molar-refractivity contribution in [3.8, 4) is 33.4 Å². The summed E-state index contributed by atoms with van der Waals surface area (Å²) in [6, 6.07) is 126. The Bertz CT molecular complexity index is 4830. The van der Waals surface area contributed by atoms with Gasteiger partial charge in [0.05, 0.1) is 0 Å². The Balaban J connectivity index is 0.000000155. The zero-order valence-electron chi connectivity index (χ0n) is 59.0. The zero-order valence-corrected chi connectivity index (χ0v) is 59.0. The van der Waals surface area contributed by atoms with E-state index >= 15 is 0 Å². The lowest BCUT2D eigenvalue weighted by Crippen LogP contribution is -1.96. The average molecular weight is 1340 g/mol. The van der Waals surface area contributed by atoms with Crippen LogP contribution in [0.1, 0.15) is 104 Å². The summed E-state index contributed by atoms with van der Waals surface area (Å²) in [4.78, 5) is 48.0. The van der Waals surface area contributed by atoms with Crippen molar-refractivity contribution in [3.63, 3.8) is 0 Å². The summed E-state index contributed by atoms with van der Waals surface area (Å²) in [6.07, 6.45) is 11.4. The summed E-state index contributed by atoms with van der Waals surface area (Å²) in [6.45, 7) is 9.76. The molecule has 0 fully saturated rings. The molecule has 0 saturated heterocycles. The van der Waals surface area contributed by atoms with Crippen molar-refractivity contribution in [1.82, 2.24) is 0 Å². The van der Waals surface area contributed by atoms with Crippen LogP contribution in [0.5, 0.6) is 0 Å². The third-order valence-electron chi connectivity index (χ3n) is 16.6. The molecule has 4 heteroatoms. The zero-order chi connectivity index (χ0) is 72.2. The van der Waals surface area contributed by atoms with E-state index < -0.39 is 0 Å². The lowest BCUT2D eigenvalue weighted by atomic mass is 9.93. The van der Waals surface area contributed by atoms with Gasteiger partial charge in [0.1, 0.15) is 0 Å². The highest BCUT2D eigenvalue weighted by molar-refractivity contribution is 6.11. The lowest BCUT2D eigenvalue weighted by molar-refractivity contribution is 0.101. The molecular formula is C99H84O4.